The molecule has 7 nitrogen and oxygen atoms in total. The van der Waals surface area contributed by atoms with Crippen molar-refractivity contribution in [3.8, 4) is 5.75 Å². The van der Waals surface area contributed by atoms with Crippen LogP contribution < -0.4 is 9.84 Å². The number of carbonyl (C=O) groups excluding carboxylic acids is 3. The molecule has 24 heavy (non-hydrogen) atoms. The van der Waals surface area contributed by atoms with Crippen LogP contribution in [0, 0.1) is 6.92 Å². The van der Waals surface area contributed by atoms with Crippen molar-refractivity contribution >= 4 is 17.8 Å². The molecule has 1 aliphatic heterocycles. The van der Waals surface area contributed by atoms with Crippen LogP contribution in [0.25, 0.3) is 0 Å². The average Bonchev–Trinajstić information content (AvgIpc) is 2.57. The third kappa shape index (κ3) is 5.26. The monoisotopic (exact) mass is 333 g/mol. The molecular formula is C17H21N2O5-. The Morgan fingerprint density at radius 1 is 1.04 bits per heavy atom. The Bertz CT molecular complexity index is 609. The molecule has 130 valence electrons. The molecular weight excluding hydrogens is 312 g/mol. The van der Waals surface area contributed by atoms with Crippen molar-refractivity contribution in [1.82, 2.24) is 9.80 Å². The van der Waals surface area contributed by atoms with Gasteiger partial charge < -0.3 is 24.4 Å². The Morgan fingerprint density at radius 3 is 2.25 bits per heavy atom. The van der Waals surface area contributed by atoms with Gasteiger partial charge in [0.05, 0.1) is 0 Å². The molecule has 1 aromatic carbocycles. The topological polar surface area (TPSA) is 90.0 Å². The van der Waals surface area contributed by atoms with Crippen LogP contribution in [0.2, 0.25) is 0 Å². The van der Waals surface area contributed by atoms with E-state index >= 15 is 0 Å². The van der Waals surface area contributed by atoms with Crippen LogP contribution in [0.3, 0.4) is 0 Å². The fourth-order valence-electron chi connectivity index (χ4n) is 2.51. The Balaban J connectivity index is 1.74. The standard InChI is InChI=1S/C17H22N2O5/c1-13-3-2-4-14(11-13)24-12-16(21)19-9-7-18(8-10-19)15(20)5-6-17(22)23/h2-4,11H,5-10,12H2,1H3,(H,22,23)/p-1. The number of ether oxygens (including phenoxy) is 1. The minimum atomic E-state index is -1.23. The van der Waals surface area contributed by atoms with E-state index in [-0.39, 0.29) is 31.3 Å². The number of amides is 2. The summed E-state index contributed by atoms with van der Waals surface area (Å²) in [5.41, 5.74) is 1.06. The first-order valence-electron chi connectivity index (χ1n) is 7.90. The first-order valence-corrected chi connectivity index (χ1v) is 7.90. The summed E-state index contributed by atoms with van der Waals surface area (Å²) >= 11 is 0. The zero-order valence-corrected chi connectivity index (χ0v) is 13.7. The molecule has 0 aliphatic carbocycles. The Hall–Kier alpha value is -2.57. The molecule has 7 heteroatoms. The lowest BCUT2D eigenvalue weighted by atomic mass is 10.2. The number of carboxylic acid groups (broad SMARTS) is 1. The van der Waals surface area contributed by atoms with E-state index in [0.29, 0.717) is 31.9 Å². The van der Waals surface area contributed by atoms with E-state index < -0.39 is 5.97 Å². The minimum Gasteiger partial charge on any atom is -0.550 e. The van der Waals surface area contributed by atoms with Gasteiger partial charge in [0, 0.05) is 38.6 Å². The van der Waals surface area contributed by atoms with Gasteiger partial charge in [0.1, 0.15) is 5.75 Å². The molecule has 0 aromatic heterocycles. The van der Waals surface area contributed by atoms with Crippen molar-refractivity contribution in [1.29, 1.82) is 0 Å². The predicted molar refractivity (Wildman–Crippen MR) is 84.1 cm³/mol. The number of benzene rings is 1. The van der Waals surface area contributed by atoms with Gasteiger partial charge in [-0.3, -0.25) is 9.59 Å². The fourth-order valence-corrected chi connectivity index (χ4v) is 2.51. The third-order valence-corrected chi connectivity index (χ3v) is 3.88. The van der Waals surface area contributed by atoms with Gasteiger partial charge in [-0.15, -0.1) is 0 Å². The molecule has 0 radical (unpaired) electrons. The Labute approximate surface area is 140 Å². The highest BCUT2D eigenvalue weighted by molar-refractivity contribution is 5.81. The molecule has 0 saturated carbocycles. The third-order valence-electron chi connectivity index (χ3n) is 3.88. The zero-order valence-electron chi connectivity index (χ0n) is 13.7. The maximum atomic E-state index is 12.2. The van der Waals surface area contributed by atoms with Crippen LogP contribution in [0.15, 0.2) is 24.3 Å². The molecule has 2 rings (SSSR count). The van der Waals surface area contributed by atoms with Crippen molar-refractivity contribution in [2.24, 2.45) is 0 Å². The van der Waals surface area contributed by atoms with Crippen LogP contribution >= 0.6 is 0 Å². The lowest BCUT2D eigenvalue weighted by Crippen LogP contribution is -2.51. The van der Waals surface area contributed by atoms with Gasteiger partial charge in [-0.1, -0.05) is 12.1 Å². The second-order valence-corrected chi connectivity index (χ2v) is 5.74. The van der Waals surface area contributed by atoms with E-state index in [1.165, 1.54) is 0 Å². The van der Waals surface area contributed by atoms with E-state index in [4.69, 9.17) is 4.74 Å². The number of carbonyl (C=O) groups is 3. The molecule has 0 N–H and O–H groups in total. The zero-order chi connectivity index (χ0) is 17.5. The van der Waals surface area contributed by atoms with Crippen molar-refractivity contribution in [3.63, 3.8) is 0 Å². The van der Waals surface area contributed by atoms with E-state index in [2.05, 4.69) is 0 Å². The molecule has 1 fully saturated rings. The summed E-state index contributed by atoms with van der Waals surface area (Å²) in [5, 5.41) is 10.4. The summed E-state index contributed by atoms with van der Waals surface area (Å²) in [6.45, 7) is 3.57. The molecule has 1 saturated heterocycles. The van der Waals surface area contributed by atoms with Crippen molar-refractivity contribution in [3.05, 3.63) is 29.8 Å². The van der Waals surface area contributed by atoms with E-state index in [0.717, 1.165) is 5.56 Å². The minimum absolute atomic E-state index is 0.0396. The second-order valence-electron chi connectivity index (χ2n) is 5.74. The van der Waals surface area contributed by atoms with Crippen LogP contribution in [-0.2, 0) is 14.4 Å². The fraction of sp³-hybridized carbons (Fsp3) is 0.471. The summed E-state index contributed by atoms with van der Waals surface area (Å²) in [6, 6.07) is 7.48. The highest BCUT2D eigenvalue weighted by atomic mass is 16.5. The maximum absolute atomic E-state index is 12.2. The number of hydrogen-bond donors (Lipinski definition) is 0. The first-order chi connectivity index (χ1) is 11.5. The Kier molecular flexibility index (Phi) is 6.17. The highest BCUT2D eigenvalue weighted by Crippen LogP contribution is 2.13. The van der Waals surface area contributed by atoms with Crippen molar-refractivity contribution in [2.45, 2.75) is 19.8 Å². The highest BCUT2D eigenvalue weighted by Gasteiger charge is 2.24. The number of hydrogen-bond acceptors (Lipinski definition) is 5. The smallest absolute Gasteiger partial charge is 0.260 e. The number of aryl methyl sites for hydroxylation is 1. The van der Waals surface area contributed by atoms with Crippen molar-refractivity contribution in [2.75, 3.05) is 32.8 Å². The van der Waals surface area contributed by atoms with Crippen LogP contribution in [0.1, 0.15) is 18.4 Å². The van der Waals surface area contributed by atoms with E-state index in [9.17, 15) is 19.5 Å². The van der Waals surface area contributed by atoms with Crippen LogP contribution in [0.5, 0.6) is 5.75 Å². The van der Waals surface area contributed by atoms with Crippen LogP contribution in [-0.4, -0.2) is 60.4 Å². The molecule has 1 heterocycles. The molecule has 0 atom stereocenters. The molecule has 0 bridgehead atoms. The number of nitrogens with zero attached hydrogens (tertiary/aromatic N) is 2. The number of aliphatic carboxylic acids is 1. The average molecular weight is 333 g/mol. The first kappa shape index (κ1) is 17.8. The molecule has 0 spiro atoms. The number of piperazine rings is 1. The van der Waals surface area contributed by atoms with Gasteiger partial charge in [-0.2, -0.15) is 0 Å². The van der Waals surface area contributed by atoms with Gasteiger partial charge in [-0.25, -0.2) is 0 Å². The predicted octanol–water partition coefficient (Wildman–Crippen LogP) is -0.425. The van der Waals surface area contributed by atoms with Gasteiger partial charge in [0.15, 0.2) is 6.61 Å². The van der Waals surface area contributed by atoms with E-state index in [1.54, 1.807) is 15.9 Å². The number of rotatable bonds is 6. The summed E-state index contributed by atoms with van der Waals surface area (Å²) in [4.78, 5) is 37.6. The molecule has 1 aliphatic rings. The molecule has 2 amide bonds. The van der Waals surface area contributed by atoms with Gasteiger partial charge >= 0.3 is 0 Å². The normalized spacial score (nSPS) is 14.4. The van der Waals surface area contributed by atoms with Gasteiger partial charge in [0.25, 0.3) is 5.91 Å². The largest absolute Gasteiger partial charge is 0.550 e. The lowest BCUT2D eigenvalue weighted by Gasteiger charge is -2.34. The summed E-state index contributed by atoms with van der Waals surface area (Å²) in [7, 11) is 0. The van der Waals surface area contributed by atoms with Crippen molar-refractivity contribution < 1.29 is 24.2 Å². The quantitative estimate of drug-likeness (QED) is 0.705. The lowest BCUT2D eigenvalue weighted by molar-refractivity contribution is -0.305. The van der Waals surface area contributed by atoms with Crippen LogP contribution in [0.4, 0.5) is 0 Å². The van der Waals surface area contributed by atoms with E-state index in [1.807, 2.05) is 25.1 Å². The summed E-state index contributed by atoms with van der Waals surface area (Å²) < 4.78 is 5.50. The molecule has 1 aromatic rings. The molecule has 0 unspecified atom stereocenters. The van der Waals surface area contributed by atoms with Gasteiger partial charge in [-0.05, 0) is 31.0 Å². The van der Waals surface area contributed by atoms with Gasteiger partial charge in [0.2, 0.25) is 5.91 Å². The number of carboxylic acids is 1. The maximum Gasteiger partial charge on any atom is 0.260 e. The second kappa shape index (κ2) is 8.33. The Morgan fingerprint density at radius 2 is 1.67 bits per heavy atom. The SMILES string of the molecule is Cc1cccc(OCC(=O)N2CCN(C(=O)CCC(=O)[O-])CC2)c1. The summed E-state index contributed by atoms with van der Waals surface area (Å²) in [5.74, 6) is -0.925. The summed E-state index contributed by atoms with van der Waals surface area (Å²) in [6.07, 6.45) is -0.338.